The van der Waals surface area contributed by atoms with Crippen LogP contribution in [0.2, 0.25) is 0 Å². The Morgan fingerprint density at radius 3 is 2.94 bits per heavy atom. The van der Waals surface area contributed by atoms with Gasteiger partial charge < -0.3 is 14.8 Å². The van der Waals surface area contributed by atoms with Crippen molar-refractivity contribution in [3.63, 3.8) is 0 Å². The van der Waals surface area contributed by atoms with Gasteiger partial charge >= 0.3 is 6.61 Å². The molecule has 1 aliphatic heterocycles. The first-order valence-electron chi connectivity index (χ1n) is 5.19. The molecule has 17 heavy (non-hydrogen) atoms. The van der Waals surface area contributed by atoms with E-state index < -0.39 is 6.61 Å². The summed E-state index contributed by atoms with van der Waals surface area (Å²) in [5, 5.41) is 2.91. The maximum atomic E-state index is 12.2. The molecule has 1 N–H and O–H groups in total. The molecule has 0 radical (unpaired) electrons. The molecule has 6 heteroatoms. The number of alkyl halides is 2. The van der Waals surface area contributed by atoms with Gasteiger partial charge in [-0.05, 0) is 6.07 Å². The number of benzene rings is 1. The summed E-state index contributed by atoms with van der Waals surface area (Å²) in [7, 11) is 0. The van der Waals surface area contributed by atoms with Crippen LogP contribution in [0.5, 0.6) is 5.75 Å². The molecule has 1 aliphatic rings. The summed E-state index contributed by atoms with van der Waals surface area (Å²) in [6, 6.07) is 7.05. The van der Waals surface area contributed by atoms with Crippen LogP contribution in [-0.2, 0) is 11.3 Å². The molecule has 0 aromatic heterocycles. The van der Waals surface area contributed by atoms with E-state index in [0.717, 1.165) is 0 Å². The highest BCUT2D eigenvalue weighted by atomic mass is 19.3. The van der Waals surface area contributed by atoms with E-state index in [1.165, 1.54) is 6.07 Å². The molecular formula is C11H12F2N2O2. The van der Waals surface area contributed by atoms with Crippen LogP contribution >= 0.6 is 0 Å². The van der Waals surface area contributed by atoms with Crippen LogP contribution in [0.25, 0.3) is 0 Å². The third-order valence-corrected chi connectivity index (χ3v) is 2.20. The Hall–Kier alpha value is -1.85. The summed E-state index contributed by atoms with van der Waals surface area (Å²) < 4.78 is 33.9. The molecular weight excluding hydrogens is 230 g/mol. The third-order valence-electron chi connectivity index (χ3n) is 2.20. The van der Waals surface area contributed by atoms with Crippen molar-refractivity contribution in [3.05, 3.63) is 29.8 Å². The summed E-state index contributed by atoms with van der Waals surface area (Å²) in [5.41, 5.74) is 0.631. The summed E-state index contributed by atoms with van der Waals surface area (Å²) in [6.07, 6.45) is 0. The average molecular weight is 242 g/mol. The number of ether oxygens (including phenoxy) is 2. The van der Waals surface area contributed by atoms with E-state index >= 15 is 0 Å². The lowest BCUT2D eigenvalue weighted by atomic mass is 10.2. The van der Waals surface area contributed by atoms with Gasteiger partial charge in [0, 0.05) is 12.1 Å². The number of halogens is 2. The van der Waals surface area contributed by atoms with Crippen molar-refractivity contribution in [3.8, 4) is 5.75 Å². The van der Waals surface area contributed by atoms with Gasteiger partial charge in [0.15, 0.2) is 0 Å². The second-order valence-corrected chi connectivity index (χ2v) is 3.38. The van der Waals surface area contributed by atoms with Crippen molar-refractivity contribution in [1.82, 2.24) is 5.32 Å². The molecule has 0 unspecified atom stereocenters. The van der Waals surface area contributed by atoms with Crippen LogP contribution in [0, 0.1) is 0 Å². The van der Waals surface area contributed by atoms with Crippen molar-refractivity contribution >= 4 is 6.02 Å². The summed E-state index contributed by atoms with van der Waals surface area (Å²) in [6.45, 7) is -1.31. The summed E-state index contributed by atoms with van der Waals surface area (Å²) in [5.74, 6) is 0.161. The molecule has 0 bridgehead atoms. The number of amidine groups is 1. The molecule has 92 valence electrons. The fourth-order valence-electron chi connectivity index (χ4n) is 1.47. The standard InChI is InChI=1S/C11H12F2N2O2/c12-10(13)17-9-4-2-1-3-8(9)7-15-11-14-5-6-16-11/h1-4,10H,5-7H2,(H,14,15). The number of nitrogens with zero attached hydrogens (tertiary/aromatic N) is 1. The van der Waals surface area contributed by atoms with Crippen molar-refractivity contribution in [1.29, 1.82) is 0 Å². The van der Waals surface area contributed by atoms with E-state index in [-0.39, 0.29) is 5.75 Å². The number of para-hydroxylation sites is 1. The smallest absolute Gasteiger partial charge is 0.387 e. The lowest BCUT2D eigenvalue weighted by Gasteiger charge is -2.11. The lowest BCUT2D eigenvalue weighted by molar-refractivity contribution is -0.0504. The molecule has 1 heterocycles. The van der Waals surface area contributed by atoms with Crippen molar-refractivity contribution < 1.29 is 18.3 Å². The van der Waals surface area contributed by atoms with Crippen molar-refractivity contribution in [2.75, 3.05) is 13.2 Å². The van der Waals surface area contributed by atoms with Crippen LogP contribution in [0.15, 0.2) is 29.3 Å². The quantitative estimate of drug-likeness (QED) is 0.874. The zero-order valence-corrected chi connectivity index (χ0v) is 9.03. The zero-order chi connectivity index (χ0) is 12.1. The number of aliphatic imine (C=N–C) groups is 1. The molecule has 0 saturated heterocycles. The molecule has 0 saturated carbocycles. The zero-order valence-electron chi connectivity index (χ0n) is 9.03. The molecule has 0 amide bonds. The molecule has 0 atom stereocenters. The molecule has 4 nitrogen and oxygen atoms in total. The molecule has 2 rings (SSSR count). The van der Waals surface area contributed by atoms with Gasteiger partial charge in [-0.2, -0.15) is 8.78 Å². The predicted octanol–water partition coefficient (Wildman–Crippen LogP) is 1.76. The Morgan fingerprint density at radius 1 is 1.41 bits per heavy atom. The second-order valence-electron chi connectivity index (χ2n) is 3.38. The van der Waals surface area contributed by atoms with Crippen molar-refractivity contribution in [2.45, 2.75) is 13.2 Å². The van der Waals surface area contributed by atoms with Crippen LogP contribution in [-0.4, -0.2) is 25.8 Å². The Balaban J connectivity index is 1.98. The fraction of sp³-hybridized carbons (Fsp3) is 0.364. The SMILES string of the molecule is FC(F)Oc1ccccc1CNC1=NCCO1. The monoisotopic (exact) mass is 242 g/mol. The van der Waals surface area contributed by atoms with Crippen LogP contribution in [0.4, 0.5) is 8.78 Å². The van der Waals surface area contributed by atoms with E-state index in [9.17, 15) is 8.78 Å². The summed E-state index contributed by atoms with van der Waals surface area (Å²) in [4.78, 5) is 4.04. The molecule has 0 spiro atoms. The lowest BCUT2D eigenvalue weighted by Crippen LogP contribution is -2.23. The van der Waals surface area contributed by atoms with E-state index in [4.69, 9.17) is 4.74 Å². The maximum absolute atomic E-state index is 12.2. The minimum absolute atomic E-state index is 0.161. The van der Waals surface area contributed by atoms with E-state index in [0.29, 0.717) is 31.3 Å². The molecule has 0 aliphatic carbocycles. The minimum Gasteiger partial charge on any atom is -0.463 e. The average Bonchev–Trinajstić information content (AvgIpc) is 2.80. The van der Waals surface area contributed by atoms with Gasteiger partial charge in [-0.1, -0.05) is 18.2 Å². The van der Waals surface area contributed by atoms with E-state index in [2.05, 4.69) is 15.0 Å². The number of hydrogen-bond donors (Lipinski definition) is 1. The van der Waals surface area contributed by atoms with Gasteiger partial charge in [0.1, 0.15) is 12.4 Å². The van der Waals surface area contributed by atoms with Gasteiger partial charge in [-0.3, -0.25) is 0 Å². The largest absolute Gasteiger partial charge is 0.463 e. The Morgan fingerprint density at radius 2 is 2.24 bits per heavy atom. The Labute approximate surface area is 97.3 Å². The number of nitrogens with one attached hydrogen (secondary N) is 1. The first kappa shape index (κ1) is 11.6. The Bertz CT molecular complexity index is 410. The van der Waals surface area contributed by atoms with Gasteiger partial charge in [0.05, 0.1) is 6.54 Å². The highest BCUT2D eigenvalue weighted by molar-refractivity contribution is 5.74. The summed E-state index contributed by atoms with van der Waals surface area (Å²) >= 11 is 0. The van der Waals surface area contributed by atoms with E-state index in [1.807, 2.05) is 0 Å². The molecule has 1 aromatic carbocycles. The van der Waals surface area contributed by atoms with Gasteiger partial charge in [-0.25, -0.2) is 4.99 Å². The predicted molar refractivity (Wildman–Crippen MR) is 58.2 cm³/mol. The van der Waals surface area contributed by atoms with Gasteiger partial charge in [0.2, 0.25) is 0 Å². The normalized spacial score (nSPS) is 14.4. The van der Waals surface area contributed by atoms with Crippen LogP contribution < -0.4 is 10.1 Å². The number of hydrogen-bond acceptors (Lipinski definition) is 4. The number of rotatable bonds is 4. The van der Waals surface area contributed by atoms with Crippen molar-refractivity contribution in [2.24, 2.45) is 4.99 Å². The van der Waals surface area contributed by atoms with E-state index in [1.54, 1.807) is 18.2 Å². The fourth-order valence-corrected chi connectivity index (χ4v) is 1.47. The Kier molecular flexibility index (Phi) is 3.74. The second kappa shape index (κ2) is 5.47. The first-order valence-corrected chi connectivity index (χ1v) is 5.19. The van der Waals surface area contributed by atoms with Crippen LogP contribution in [0.1, 0.15) is 5.56 Å². The van der Waals surface area contributed by atoms with Crippen LogP contribution in [0.3, 0.4) is 0 Å². The minimum atomic E-state index is -2.82. The van der Waals surface area contributed by atoms with Gasteiger partial charge in [0.25, 0.3) is 6.02 Å². The first-order chi connectivity index (χ1) is 8.25. The third kappa shape index (κ3) is 3.30. The molecule has 1 aromatic rings. The highest BCUT2D eigenvalue weighted by Gasteiger charge is 2.11. The topological polar surface area (TPSA) is 42.8 Å². The molecule has 0 fully saturated rings. The highest BCUT2D eigenvalue weighted by Crippen LogP contribution is 2.19. The maximum Gasteiger partial charge on any atom is 0.387 e. The van der Waals surface area contributed by atoms with Gasteiger partial charge in [-0.15, -0.1) is 0 Å².